The standard InChI is InChI=1S/C19H24N4O2.C10H10O3.2C2H6O4S/c20-18(21)14-4-8-16(9-5-14)24-12-2-1-3-13-25-17-10-6-15(7-11-17)19(22)23;1-13-9-5-3-2-4-8(9)6-7-10(11)12;2*3-1-2-7(4,5)6/h4-11H,1-3,12-13H2,(H3,20,21)(H3,22,23);2-7H,1H3,(H,11,12);2*3H,1-2H2,(H,4,5,6). The minimum Gasteiger partial charge on any atom is -0.496 e. The summed E-state index contributed by atoms with van der Waals surface area (Å²) in [6.07, 6.45) is 5.48. The summed E-state index contributed by atoms with van der Waals surface area (Å²) in [5.41, 5.74) is 13.0. The Kier molecular flexibility index (Phi) is 23.3. The number of amidine groups is 2. The molecule has 0 saturated heterocycles. The first-order chi connectivity index (χ1) is 24.4. The summed E-state index contributed by atoms with van der Waals surface area (Å²) in [4.78, 5) is 10.2. The molecular formula is C33H46N4O13S2. The lowest BCUT2D eigenvalue weighted by Gasteiger charge is -2.08. The van der Waals surface area contributed by atoms with Crippen molar-refractivity contribution in [1.29, 1.82) is 10.8 Å². The van der Waals surface area contributed by atoms with Crippen LogP contribution in [0.1, 0.15) is 36.0 Å². The zero-order valence-corrected chi connectivity index (χ0v) is 30.1. The predicted molar refractivity (Wildman–Crippen MR) is 196 cm³/mol. The van der Waals surface area contributed by atoms with Crippen LogP contribution < -0.4 is 25.7 Å². The number of para-hydroxylation sites is 1. The number of carboxylic acids is 1. The Balaban J connectivity index is 0.000000797. The van der Waals surface area contributed by atoms with E-state index >= 15 is 0 Å². The van der Waals surface area contributed by atoms with Gasteiger partial charge in [-0.15, -0.1) is 0 Å². The fourth-order valence-corrected chi connectivity index (χ4v) is 3.88. The third-order valence-electron chi connectivity index (χ3n) is 5.90. The quantitative estimate of drug-likeness (QED) is 0.0313. The van der Waals surface area contributed by atoms with Gasteiger partial charge in [-0.25, -0.2) is 4.79 Å². The lowest BCUT2D eigenvalue weighted by Crippen LogP contribution is -2.10. The van der Waals surface area contributed by atoms with E-state index in [1.165, 1.54) is 6.08 Å². The van der Waals surface area contributed by atoms with Gasteiger partial charge in [0, 0.05) is 22.8 Å². The Morgan fingerprint density at radius 2 is 1.12 bits per heavy atom. The number of rotatable bonds is 17. The molecule has 0 heterocycles. The molecule has 11 N–H and O–H groups in total. The molecule has 0 amide bonds. The third kappa shape index (κ3) is 25.0. The number of aliphatic hydroxyl groups excluding tert-OH is 2. The number of carbonyl (C=O) groups is 1. The summed E-state index contributed by atoms with van der Waals surface area (Å²) < 4.78 is 70.5. The highest BCUT2D eigenvalue weighted by Gasteiger charge is 2.02. The maximum Gasteiger partial charge on any atom is 0.328 e. The van der Waals surface area contributed by atoms with Gasteiger partial charge in [0.05, 0.1) is 45.0 Å². The van der Waals surface area contributed by atoms with Crippen molar-refractivity contribution in [1.82, 2.24) is 0 Å². The molecule has 0 bridgehead atoms. The van der Waals surface area contributed by atoms with E-state index in [0.717, 1.165) is 42.4 Å². The van der Waals surface area contributed by atoms with Crippen molar-refractivity contribution in [3.8, 4) is 17.2 Å². The number of aliphatic hydroxyl groups is 2. The number of unbranched alkanes of at least 4 members (excludes halogenated alkanes) is 2. The molecule has 0 radical (unpaired) electrons. The van der Waals surface area contributed by atoms with Gasteiger partial charge in [-0.3, -0.25) is 19.9 Å². The second kappa shape index (κ2) is 25.8. The molecule has 0 aliphatic heterocycles. The Morgan fingerprint density at radius 3 is 1.42 bits per heavy atom. The van der Waals surface area contributed by atoms with Crippen molar-refractivity contribution in [2.75, 3.05) is 45.0 Å². The Bertz CT molecular complexity index is 1660. The first-order valence-corrected chi connectivity index (χ1v) is 18.4. The molecule has 0 aromatic heterocycles. The zero-order chi connectivity index (χ0) is 39.6. The van der Waals surface area contributed by atoms with Crippen molar-refractivity contribution >= 4 is 44.0 Å². The van der Waals surface area contributed by atoms with Gasteiger partial charge in [0.2, 0.25) is 0 Å². The smallest absolute Gasteiger partial charge is 0.328 e. The molecule has 0 unspecified atom stereocenters. The number of nitrogens with one attached hydrogen (secondary N) is 2. The number of aliphatic carboxylic acids is 1. The molecule has 0 saturated carbocycles. The van der Waals surface area contributed by atoms with Crippen LogP contribution in [0.15, 0.2) is 78.9 Å². The van der Waals surface area contributed by atoms with Gasteiger partial charge < -0.3 is 41.0 Å². The number of carboxylic acid groups (broad SMARTS) is 1. The fraction of sp³-hybridized carbons (Fsp3) is 0.303. The SMILES string of the molecule is COc1ccccc1C=CC(=O)O.N=C(N)c1ccc(OCCCCCOc2ccc(C(=N)N)cc2)cc1.O=S(=O)(O)CCO.O=S(=O)(O)CCO. The van der Waals surface area contributed by atoms with Crippen LogP contribution in [0, 0.1) is 10.8 Å². The van der Waals surface area contributed by atoms with Crippen molar-refractivity contribution in [3.63, 3.8) is 0 Å². The number of hydrogen-bond acceptors (Lipinski definition) is 12. The number of benzene rings is 3. The average Bonchev–Trinajstić information content (AvgIpc) is 3.07. The van der Waals surface area contributed by atoms with Gasteiger partial charge in [0.15, 0.2) is 0 Å². The highest BCUT2D eigenvalue weighted by molar-refractivity contribution is 7.86. The van der Waals surface area contributed by atoms with E-state index in [4.69, 9.17) is 60.9 Å². The summed E-state index contributed by atoms with van der Waals surface area (Å²) >= 11 is 0. The van der Waals surface area contributed by atoms with Gasteiger partial charge in [-0.05, 0) is 79.9 Å². The summed E-state index contributed by atoms with van der Waals surface area (Å²) in [7, 11) is -6.30. The topological polar surface area (TPSA) is 314 Å². The molecule has 0 fully saturated rings. The Morgan fingerprint density at radius 1 is 0.712 bits per heavy atom. The van der Waals surface area contributed by atoms with E-state index in [1.807, 2.05) is 36.4 Å². The molecule has 0 aliphatic rings. The average molecular weight is 771 g/mol. The van der Waals surface area contributed by atoms with Crippen LogP contribution in [0.2, 0.25) is 0 Å². The van der Waals surface area contributed by atoms with E-state index in [1.54, 1.807) is 43.5 Å². The van der Waals surface area contributed by atoms with Crippen LogP contribution in [-0.2, 0) is 25.0 Å². The number of methoxy groups -OCH3 is 1. The molecule has 288 valence electrons. The lowest BCUT2D eigenvalue weighted by molar-refractivity contribution is -0.131. The van der Waals surface area contributed by atoms with Crippen LogP contribution in [0.4, 0.5) is 0 Å². The lowest BCUT2D eigenvalue weighted by atomic mass is 10.2. The van der Waals surface area contributed by atoms with Crippen molar-refractivity contribution in [3.05, 3.63) is 95.6 Å². The van der Waals surface area contributed by atoms with Crippen LogP contribution >= 0.6 is 0 Å². The zero-order valence-electron chi connectivity index (χ0n) is 28.4. The van der Waals surface area contributed by atoms with Gasteiger partial charge in [0.1, 0.15) is 28.9 Å². The number of hydrogen-bond donors (Lipinski definition) is 9. The number of nitrogen functional groups attached to an aromatic ring is 2. The minimum atomic E-state index is -3.92. The first kappa shape index (κ1) is 47.0. The van der Waals surface area contributed by atoms with Gasteiger partial charge in [0.25, 0.3) is 20.2 Å². The van der Waals surface area contributed by atoms with E-state index in [-0.39, 0.29) is 11.7 Å². The fourth-order valence-electron chi connectivity index (χ4n) is 3.42. The summed E-state index contributed by atoms with van der Waals surface area (Å²) in [5.74, 6) is 0.231. The second-order valence-corrected chi connectivity index (χ2v) is 13.2. The highest BCUT2D eigenvalue weighted by atomic mass is 32.2. The normalized spacial score (nSPS) is 10.6. The van der Waals surface area contributed by atoms with Gasteiger partial charge >= 0.3 is 5.97 Å². The first-order valence-electron chi connectivity index (χ1n) is 15.2. The summed E-state index contributed by atoms with van der Waals surface area (Å²) in [6.45, 7) is 0.233. The monoisotopic (exact) mass is 770 g/mol. The molecule has 52 heavy (non-hydrogen) atoms. The van der Waals surface area contributed by atoms with Crippen molar-refractivity contribution < 1.29 is 60.3 Å². The van der Waals surface area contributed by atoms with E-state index in [2.05, 4.69) is 0 Å². The van der Waals surface area contributed by atoms with E-state index < -0.39 is 50.9 Å². The number of nitrogens with two attached hydrogens (primary N) is 2. The molecule has 0 atom stereocenters. The minimum absolute atomic E-state index is 0.0579. The molecular weight excluding hydrogens is 725 g/mol. The molecule has 3 aromatic rings. The van der Waals surface area contributed by atoms with E-state index in [0.29, 0.717) is 30.1 Å². The predicted octanol–water partition coefficient (Wildman–Crippen LogP) is 2.41. The molecule has 0 aliphatic carbocycles. The van der Waals surface area contributed by atoms with Crippen molar-refractivity contribution in [2.45, 2.75) is 19.3 Å². The molecule has 0 spiro atoms. The molecule has 19 heteroatoms. The van der Waals surface area contributed by atoms with Gasteiger partial charge in [-0.2, -0.15) is 16.8 Å². The highest BCUT2D eigenvalue weighted by Crippen LogP contribution is 2.18. The number of ether oxygens (including phenoxy) is 3. The molecule has 3 rings (SSSR count). The summed E-state index contributed by atoms with van der Waals surface area (Å²) in [6, 6.07) is 21.6. The molecule has 3 aromatic carbocycles. The third-order valence-corrected chi connectivity index (χ3v) is 7.30. The van der Waals surface area contributed by atoms with Gasteiger partial charge in [-0.1, -0.05) is 18.2 Å². The van der Waals surface area contributed by atoms with E-state index in [9.17, 15) is 21.6 Å². The second-order valence-electron chi connectivity index (χ2n) is 10.1. The van der Waals surface area contributed by atoms with Crippen LogP contribution in [0.25, 0.3) is 6.08 Å². The maximum atomic E-state index is 10.2. The maximum absolute atomic E-state index is 10.2. The Hall–Kier alpha value is -5.05. The van der Waals surface area contributed by atoms with Crippen LogP contribution in [0.5, 0.6) is 17.2 Å². The van der Waals surface area contributed by atoms with Crippen LogP contribution in [0.3, 0.4) is 0 Å². The summed E-state index contributed by atoms with van der Waals surface area (Å²) in [5, 5.41) is 38.8. The van der Waals surface area contributed by atoms with Crippen LogP contribution in [-0.4, -0.2) is 104 Å². The van der Waals surface area contributed by atoms with Crippen molar-refractivity contribution in [2.24, 2.45) is 11.5 Å². The largest absolute Gasteiger partial charge is 0.496 e. The molecule has 17 nitrogen and oxygen atoms in total. The Labute approximate surface area is 303 Å².